The maximum atomic E-state index is 12.7. The summed E-state index contributed by atoms with van der Waals surface area (Å²) in [6, 6.07) is 8.15. The van der Waals surface area contributed by atoms with Crippen molar-refractivity contribution >= 4 is 23.4 Å². The van der Waals surface area contributed by atoms with E-state index >= 15 is 0 Å². The zero-order valence-corrected chi connectivity index (χ0v) is 13.0. The molecule has 1 saturated heterocycles. The highest BCUT2D eigenvalue weighted by molar-refractivity contribution is 8.00. The molecule has 0 aliphatic carbocycles. The lowest BCUT2D eigenvalue weighted by molar-refractivity contribution is -0.131. The Morgan fingerprint density at radius 3 is 2.95 bits per heavy atom. The number of thioether (sulfide) groups is 1. The Hall–Kier alpha value is -1.16. The first-order valence-corrected chi connectivity index (χ1v) is 8.31. The van der Waals surface area contributed by atoms with Crippen molar-refractivity contribution < 1.29 is 4.79 Å². The van der Waals surface area contributed by atoms with E-state index in [-0.39, 0.29) is 11.9 Å². The standard InChI is InChI=1S/C16H22N2OS/c1-16(2)7-8-18(9-10-20-16)15(19)14-11-12-5-3-4-6-13(12)17-14/h3-6,14,17H,7-11H2,1-2H3. The molecule has 1 aromatic rings. The van der Waals surface area contributed by atoms with Crippen molar-refractivity contribution in [3.63, 3.8) is 0 Å². The number of amides is 1. The summed E-state index contributed by atoms with van der Waals surface area (Å²) in [4.78, 5) is 14.7. The Balaban J connectivity index is 1.66. The maximum Gasteiger partial charge on any atom is 0.245 e. The maximum absolute atomic E-state index is 12.7. The molecule has 1 N–H and O–H groups in total. The second kappa shape index (κ2) is 5.32. The fraction of sp³-hybridized carbons (Fsp3) is 0.562. The largest absolute Gasteiger partial charge is 0.373 e. The van der Waals surface area contributed by atoms with Crippen LogP contribution in [0.15, 0.2) is 24.3 Å². The van der Waals surface area contributed by atoms with Crippen LogP contribution < -0.4 is 5.32 Å². The second-order valence-electron chi connectivity index (χ2n) is 6.24. The normalized spacial score (nSPS) is 24.7. The number of para-hydroxylation sites is 1. The average Bonchev–Trinajstić information content (AvgIpc) is 2.77. The molecule has 20 heavy (non-hydrogen) atoms. The molecule has 1 aromatic carbocycles. The van der Waals surface area contributed by atoms with Gasteiger partial charge in [0.2, 0.25) is 5.91 Å². The van der Waals surface area contributed by atoms with Crippen molar-refractivity contribution in [1.82, 2.24) is 4.90 Å². The summed E-state index contributed by atoms with van der Waals surface area (Å²) < 4.78 is 0.293. The molecule has 2 heterocycles. The molecule has 0 radical (unpaired) electrons. The van der Waals surface area contributed by atoms with Gasteiger partial charge in [-0.05, 0) is 18.1 Å². The summed E-state index contributed by atoms with van der Waals surface area (Å²) >= 11 is 1.98. The van der Waals surface area contributed by atoms with Gasteiger partial charge in [-0.1, -0.05) is 32.0 Å². The third kappa shape index (κ3) is 2.80. The van der Waals surface area contributed by atoms with E-state index in [9.17, 15) is 4.79 Å². The molecule has 0 bridgehead atoms. The molecule has 2 aliphatic rings. The zero-order valence-electron chi connectivity index (χ0n) is 12.2. The van der Waals surface area contributed by atoms with Crippen LogP contribution in [0.2, 0.25) is 0 Å². The van der Waals surface area contributed by atoms with Gasteiger partial charge in [0.05, 0.1) is 0 Å². The molecule has 1 amide bonds. The van der Waals surface area contributed by atoms with Crippen molar-refractivity contribution in [1.29, 1.82) is 0 Å². The van der Waals surface area contributed by atoms with Gasteiger partial charge in [0, 0.05) is 35.7 Å². The number of rotatable bonds is 1. The highest BCUT2D eigenvalue weighted by Crippen LogP contribution is 2.32. The number of nitrogens with zero attached hydrogens (tertiary/aromatic N) is 1. The highest BCUT2D eigenvalue weighted by Gasteiger charge is 2.32. The molecule has 0 spiro atoms. The third-order valence-corrected chi connectivity index (χ3v) is 5.59. The van der Waals surface area contributed by atoms with Crippen LogP contribution in [-0.4, -0.2) is 40.4 Å². The van der Waals surface area contributed by atoms with Gasteiger partial charge < -0.3 is 10.2 Å². The number of anilines is 1. The van der Waals surface area contributed by atoms with E-state index in [0.717, 1.165) is 37.4 Å². The van der Waals surface area contributed by atoms with Crippen LogP contribution in [0.1, 0.15) is 25.8 Å². The lowest BCUT2D eigenvalue weighted by atomic mass is 10.1. The Labute approximate surface area is 125 Å². The SMILES string of the molecule is CC1(C)CCN(C(=O)C2Cc3ccccc3N2)CCS1. The molecule has 1 fully saturated rings. The summed E-state index contributed by atoms with van der Waals surface area (Å²) in [7, 11) is 0. The third-order valence-electron chi connectivity index (χ3n) is 4.22. The molecular weight excluding hydrogens is 268 g/mol. The first kappa shape index (κ1) is 13.8. The number of hydrogen-bond acceptors (Lipinski definition) is 3. The van der Waals surface area contributed by atoms with Crippen molar-refractivity contribution in [3.05, 3.63) is 29.8 Å². The molecule has 1 unspecified atom stereocenters. The van der Waals surface area contributed by atoms with Gasteiger partial charge >= 0.3 is 0 Å². The van der Waals surface area contributed by atoms with Crippen LogP contribution in [0.3, 0.4) is 0 Å². The average molecular weight is 290 g/mol. The molecule has 108 valence electrons. The summed E-state index contributed by atoms with van der Waals surface area (Å²) in [6.45, 7) is 6.31. The van der Waals surface area contributed by atoms with Crippen LogP contribution in [0.5, 0.6) is 0 Å². The predicted octanol–water partition coefficient (Wildman–Crippen LogP) is 2.77. The van der Waals surface area contributed by atoms with Gasteiger partial charge in [-0.25, -0.2) is 0 Å². The van der Waals surface area contributed by atoms with E-state index in [2.05, 4.69) is 31.3 Å². The minimum atomic E-state index is -0.0707. The van der Waals surface area contributed by atoms with Gasteiger partial charge in [-0.3, -0.25) is 4.79 Å². The van der Waals surface area contributed by atoms with Crippen molar-refractivity contribution in [2.24, 2.45) is 0 Å². The van der Waals surface area contributed by atoms with Crippen molar-refractivity contribution in [2.45, 2.75) is 37.5 Å². The fourth-order valence-corrected chi connectivity index (χ4v) is 4.01. The van der Waals surface area contributed by atoms with Crippen LogP contribution in [0.4, 0.5) is 5.69 Å². The van der Waals surface area contributed by atoms with E-state index in [0.29, 0.717) is 4.75 Å². The molecule has 4 heteroatoms. The Bertz CT molecular complexity index is 490. The topological polar surface area (TPSA) is 32.3 Å². The highest BCUT2D eigenvalue weighted by atomic mass is 32.2. The van der Waals surface area contributed by atoms with E-state index in [4.69, 9.17) is 0 Å². The van der Waals surface area contributed by atoms with Gasteiger partial charge in [-0.2, -0.15) is 11.8 Å². The number of hydrogen-bond donors (Lipinski definition) is 1. The first-order valence-electron chi connectivity index (χ1n) is 7.32. The van der Waals surface area contributed by atoms with E-state index in [1.165, 1.54) is 5.56 Å². The van der Waals surface area contributed by atoms with Crippen LogP contribution in [-0.2, 0) is 11.2 Å². The molecule has 1 atom stereocenters. The fourth-order valence-electron chi connectivity index (χ4n) is 2.91. The van der Waals surface area contributed by atoms with Crippen LogP contribution in [0, 0.1) is 0 Å². The molecule has 0 aromatic heterocycles. The smallest absolute Gasteiger partial charge is 0.245 e. The molecular formula is C16H22N2OS. The molecule has 0 saturated carbocycles. The number of carbonyl (C=O) groups is 1. The van der Waals surface area contributed by atoms with Gasteiger partial charge in [0.15, 0.2) is 0 Å². The lowest BCUT2D eigenvalue weighted by Gasteiger charge is -2.25. The number of fused-ring (bicyclic) bond motifs is 1. The number of carbonyl (C=O) groups excluding carboxylic acids is 1. The van der Waals surface area contributed by atoms with E-state index < -0.39 is 0 Å². The Morgan fingerprint density at radius 2 is 2.15 bits per heavy atom. The van der Waals surface area contributed by atoms with E-state index in [1.54, 1.807) is 0 Å². The summed E-state index contributed by atoms with van der Waals surface area (Å²) in [5, 5.41) is 3.37. The van der Waals surface area contributed by atoms with Gasteiger partial charge in [0.25, 0.3) is 0 Å². The van der Waals surface area contributed by atoms with Crippen molar-refractivity contribution in [2.75, 3.05) is 24.2 Å². The molecule has 3 rings (SSSR count). The monoisotopic (exact) mass is 290 g/mol. The van der Waals surface area contributed by atoms with Crippen LogP contribution >= 0.6 is 11.8 Å². The minimum absolute atomic E-state index is 0.0707. The Morgan fingerprint density at radius 1 is 1.35 bits per heavy atom. The van der Waals surface area contributed by atoms with Crippen LogP contribution in [0.25, 0.3) is 0 Å². The van der Waals surface area contributed by atoms with E-state index in [1.807, 2.05) is 28.8 Å². The van der Waals surface area contributed by atoms with Gasteiger partial charge in [-0.15, -0.1) is 0 Å². The van der Waals surface area contributed by atoms with Crippen molar-refractivity contribution in [3.8, 4) is 0 Å². The zero-order chi connectivity index (χ0) is 14.2. The molecule has 2 aliphatic heterocycles. The molecule has 3 nitrogen and oxygen atoms in total. The Kier molecular flexibility index (Phi) is 3.67. The lowest BCUT2D eigenvalue weighted by Crippen LogP contribution is -2.43. The van der Waals surface area contributed by atoms with Gasteiger partial charge in [0.1, 0.15) is 6.04 Å². The first-order chi connectivity index (χ1) is 9.55. The summed E-state index contributed by atoms with van der Waals surface area (Å²) in [6.07, 6.45) is 1.89. The summed E-state index contributed by atoms with van der Waals surface area (Å²) in [5.41, 5.74) is 2.38. The quantitative estimate of drug-likeness (QED) is 0.863. The predicted molar refractivity (Wildman–Crippen MR) is 85.3 cm³/mol. The number of benzene rings is 1. The number of nitrogens with one attached hydrogen (secondary N) is 1. The second-order valence-corrected chi connectivity index (χ2v) is 8.04. The summed E-state index contributed by atoms with van der Waals surface area (Å²) in [5.74, 6) is 1.30. The minimum Gasteiger partial charge on any atom is -0.373 e.